The zero-order valence-electron chi connectivity index (χ0n) is 20.9. The third-order valence-electron chi connectivity index (χ3n) is 6.01. The number of benzene rings is 2. The van der Waals surface area contributed by atoms with E-state index >= 15 is 0 Å². The molecule has 5 nitrogen and oxygen atoms in total. The fourth-order valence-corrected chi connectivity index (χ4v) is 4.47. The molecule has 0 fully saturated rings. The lowest BCUT2D eigenvalue weighted by molar-refractivity contribution is 0.0577. The number of ether oxygens (including phenoxy) is 1. The van der Waals surface area contributed by atoms with Gasteiger partial charge in [0.2, 0.25) is 0 Å². The van der Waals surface area contributed by atoms with Gasteiger partial charge in [0.1, 0.15) is 11.4 Å². The maximum absolute atomic E-state index is 13.6. The molecule has 2 aromatic carbocycles. The number of amides is 1. The number of aryl methyl sites for hydroxylation is 1. The maximum Gasteiger partial charge on any atom is 0.415 e. The second kappa shape index (κ2) is 10.1. The second-order valence-corrected chi connectivity index (χ2v) is 10.6. The third kappa shape index (κ3) is 5.50. The molecule has 0 saturated heterocycles. The monoisotopic (exact) mass is 527 g/mol. The molecule has 0 N–H and O–H groups in total. The van der Waals surface area contributed by atoms with Crippen LogP contribution < -0.4 is 4.90 Å². The van der Waals surface area contributed by atoms with Crippen LogP contribution in [0.3, 0.4) is 0 Å². The van der Waals surface area contributed by atoms with Crippen molar-refractivity contribution in [1.82, 2.24) is 9.55 Å². The van der Waals surface area contributed by atoms with Gasteiger partial charge in [-0.25, -0.2) is 9.18 Å². The number of anilines is 1. The topological polar surface area (TPSA) is 47.4 Å². The SMILES string of the molecule is Cc1c(C)n(Cc2ccc(Cl)c(Cl)c2)c2c(CN(C(=O)OC(C)(C)C)c3ccc(F)cc3)nccc12. The number of carbonyl (C=O) groups is 1. The van der Waals surface area contributed by atoms with Crippen LogP contribution in [-0.4, -0.2) is 21.2 Å². The fourth-order valence-electron chi connectivity index (χ4n) is 4.15. The molecule has 0 saturated carbocycles. The van der Waals surface area contributed by atoms with Gasteiger partial charge >= 0.3 is 6.09 Å². The molecule has 0 bridgehead atoms. The fraction of sp³-hybridized carbons (Fsp3) is 0.286. The van der Waals surface area contributed by atoms with E-state index in [4.69, 9.17) is 27.9 Å². The molecule has 0 spiro atoms. The Bertz CT molecular complexity index is 1430. The lowest BCUT2D eigenvalue weighted by atomic mass is 10.1. The number of pyridine rings is 1. The van der Waals surface area contributed by atoms with Gasteiger partial charge in [0.15, 0.2) is 0 Å². The maximum atomic E-state index is 13.6. The van der Waals surface area contributed by atoms with Crippen molar-refractivity contribution >= 4 is 45.9 Å². The van der Waals surface area contributed by atoms with Gasteiger partial charge in [0, 0.05) is 29.5 Å². The molecule has 0 aliphatic carbocycles. The van der Waals surface area contributed by atoms with E-state index in [-0.39, 0.29) is 12.4 Å². The molecule has 2 aromatic heterocycles. The highest BCUT2D eigenvalue weighted by molar-refractivity contribution is 6.42. The van der Waals surface area contributed by atoms with E-state index in [1.165, 1.54) is 17.0 Å². The minimum absolute atomic E-state index is 0.141. The van der Waals surface area contributed by atoms with Crippen LogP contribution in [0.2, 0.25) is 10.0 Å². The Kier molecular flexibility index (Phi) is 7.30. The van der Waals surface area contributed by atoms with Crippen LogP contribution in [0.5, 0.6) is 0 Å². The number of aromatic nitrogens is 2. The lowest BCUT2D eigenvalue weighted by Gasteiger charge is -2.27. The average molecular weight is 528 g/mol. The minimum atomic E-state index is -0.698. The molecule has 2 heterocycles. The van der Waals surface area contributed by atoms with Gasteiger partial charge in [-0.3, -0.25) is 9.88 Å². The van der Waals surface area contributed by atoms with Gasteiger partial charge in [-0.05, 0) is 88.2 Å². The number of carbonyl (C=O) groups excluding carboxylic acids is 1. The van der Waals surface area contributed by atoms with E-state index in [9.17, 15) is 9.18 Å². The molecular weight excluding hydrogens is 500 g/mol. The standard InChI is InChI=1S/C28H28Cl2FN3O2/c1-17-18(2)33(15-19-6-11-23(29)24(30)14-19)26-22(17)12-13-32-25(26)16-34(27(35)36-28(3,4)5)21-9-7-20(31)8-10-21/h6-14H,15-16H2,1-5H3. The second-order valence-electron chi connectivity index (χ2n) is 9.74. The first-order valence-electron chi connectivity index (χ1n) is 11.6. The predicted octanol–water partition coefficient (Wildman–Crippen LogP) is 8.09. The van der Waals surface area contributed by atoms with E-state index in [1.54, 1.807) is 24.4 Å². The molecule has 4 aromatic rings. The first kappa shape index (κ1) is 26.0. The summed E-state index contributed by atoms with van der Waals surface area (Å²) in [5.74, 6) is -0.384. The number of rotatable bonds is 5. The Morgan fingerprint density at radius 1 is 1.06 bits per heavy atom. The summed E-state index contributed by atoms with van der Waals surface area (Å²) in [5.41, 5.74) is 4.61. The summed E-state index contributed by atoms with van der Waals surface area (Å²) in [6.07, 6.45) is 1.20. The molecule has 0 unspecified atom stereocenters. The summed E-state index contributed by atoms with van der Waals surface area (Å²) in [6, 6.07) is 13.3. The third-order valence-corrected chi connectivity index (χ3v) is 6.75. The van der Waals surface area contributed by atoms with Crippen molar-refractivity contribution < 1.29 is 13.9 Å². The van der Waals surface area contributed by atoms with Crippen LogP contribution in [0.1, 0.15) is 43.3 Å². The number of hydrogen-bond acceptors (Lipinski definition) is 3. The van der Waals surface area contributed by atoms with Gasteiger partial charge in [0.05, 0.1) is 27.8 Å². The first-order valence-corrected chi connectivity index (χ1v) is 12.3. The smallest absolute Gasteiger partial charge is 0.415 e. The van der Waals surface area contributed by atoms with Crippen LogP contribution in [-0.2, 0) is 17.8 Å². The summed E-state index contributed by atoms with van der Waals surface area (Å²) >= 11 is 12.4. The minimum Gasteiger partial charge on any atom is -0.443 e. The summed E-state index contributed by atoms with van der Waals surface area (Å²) < 4.78 is 21.5. The lowest BCUT2D eigenvalue weighted by Crippen LogP contribution is -2.36. The van der Waals surface area contributed by atoms with Crippen molar-refractivity contribution in [3.63, 3.8) is 0 Å². The van der Waals surface area contributed by atoms with Gasteiger partial charge in [-0.2, -0.15) is 0 Å². The molecule has 0 atom stereocenters. The Labute approximate surface area is 220 Å². The van der Waals surface area contributed by atoms with Gasteiger partial charge in [-0.1, -0.05) is 29.3 Å². The van der Waals surface area contributed by atoms with Crippen LogP contribution in [0.15, 0.2) is 54.7 Å². The zero-order chi connectivity index (χ0) is 26.2. The highest BCUT2D eigenvalue weighted by Gasteiger charge is 2.26. The molecule has 1 amide bonds. The van der Waals surface area contributed by atoms with E-state index in [0.717, 1.165) is 27.7 Å². The highest BCUT2D eigenvalue weighted by atomic mass is 35.5. The summed E-state index contributed by atoms with van der Waals surface area (Å²) in [7, 11) is 0. The van der Waals surface area contributed by atoms with Crippen LogP contribution in [0.4, 0.5) is 14.9 Å². The van der Waals surface area contributed by atoms with Crippen LogP contribution in [0.25, 0.3) is 10.9 Å². The Hall–Kier alpha value is -3.09. The van der Waals surface area contributed by atoms with Gasteiger partial charge < -0.3 is 9.30 Å². The highest BCUT2D eigenvalue weighted by Crippen LogP contribution is 2.31. The number of halogens is 3. The molecule has 8 heteroatoms. The molecule has 0 radical (unpaired) electrons. The van der Waals surface area contributed by atoms with Crippen molar-refractivity contribution in [3.8, 4) is 0 Å². The summed E-state index contributed by atoms with van der Waals surface area (Å²) in [4.78, 5) is 19.4. The van der Waals surface area contributed by atoms with Crippen molar-refractivity contribution in [3.05, 3.63) is 93.1 Å². The molecule has 188 valence electrons. The zero-order valence-corrected chi connectivity index (χ0v) is 22.4. The average Bonchev–Trinajstić information content (AvgIpc) is 3.05. The summed E-state index contributed by atoms with van der Waals surface area (Å²) in [6.45, 7) is 10.2. The Morgan fingerprint density at radius 2 is 1.75 bits per heavy atom. The van der Waals surface area contributed by atoms with Gasteiger partial charge in [-0.15, -0.1) is 0 Å². The molecule has 36 heavy (non-hydrogen) atoms. The van der Waals surface area contributed by atoms with E-state index < -0.39 is 11.7 Å². The van der Waals surface area contributed by atoms with Crippen molar-refractivity contribution in [2.24, 2.45) is 0 Å². The van der Waals surface area contributed by atoms with E-state index in [2.05, 4.69) is 23.4 Å². The van der Waals surface area contributed by atoms with E-state index in [0.29, 0.717) is 28.0 Å². The Balaban J connectivity index is 1.81. The molecular formula is C28H28Cl2FN3O2. The number of hydrogen-bond donors (Lipinski definition) is 0. The number of nitrogens with zero attached hydrogens (tertiary/aromatic N) is 3. The first-order chi connectivity index (χ1) is 16.9. The molecule has 0 aliphatic heterocycles. The largest absolute Gasteiger partial charge is 0.443 e. The Morgan fingerprint density at radius 3 is 2.39 bits per heavy atom. The molecule has 4 rings (SSSR count). The van der Waals surface area contributed by atoms with Crippen LogP contribution >= 0.6 is 23.2 Å². The number of fused-ring (bicyclic) bond motifs is 1. The quantitative estimate of drug-likeness (QED) is 0.263. The van der Waals surface area contributed by atoms with Crippen molar-refractivity contribution in [2.45, 2.75) is 53.3 Å². The van der Waals surface area contributed by atoms with Crippen molar-refractivity contribution in [1.29, 1.82) is 0 Å². The normalized spacial score (nSPS) is 11.7. The van der Waals surface area contributed by atoms with Gasteiger partial charge in [0.25, 0.3) is 0 Å². The van der Waals surface area contributed by atoms with Crippen LogP contribution in [0, 0.1) is 19.7 Å². The van der Waals surface area contributed by atoms with E-state index in [1.807, 2.05) is 39.0 Å². The predicted molar refractivity (Wildman–Crippen MR) is 144 cm³/mol. The molecule has 0 aliphatic rings. The van der Waals surface area contributed by atoms with Crippen molar-refractivity contribution in [2.75, 3.05) is 4.90 Å². The summed E-state index contributed by atoms with van der Waals surface area (Å²) in [5, 5.41) is 2.03.